The Morgan fingerprint density at radius 1 is 1.36 bits per heavy atom. The van der Waals surface area contributed by atoms with Gasteiger partial charge in [-0.1, -0.05) is 0 Å². The zero-order valence-corrected chi connectivity index (χ0v) is 17.7. The number of hydrogen-bond acceptors (Lipinski definition) is 6. The summed E-state index contributed by atoms with van der Waals surface area (Å²) in [5, 5.41) is 11.1. The maximum Gasteiger partial charge on any atom is 0.408 e. The lowest BCUT2D eigenvalue weighted by Crippen LogP contribution is -2.19. The predicted octanol–water partition coefficient (Wildman–Crippen LogP) is 4.99. The fraction of sp³-hybridized carbons (Fsp3) is 0.438. The molecular formula is C16H17F3IN7S. The lowest BCUT2D eigenvalue weighted by Gasteiger charge is -2.15. The van der Waals surface area contributed by atoms with Crippen LogP contribution in [-0.4, -0.2) is 35.9 Å². The van der Waals surface area contributed by atoms with Gasteiger partial charge in [0.05, 0.1) is 17.3 Å². The Morgan fingerprint density at radius 2 is 2.14 bits per heavy atom. The topological polar surface area (TPSA) is 72.6 Å². The molecule has 0 aliphatic heterocycles. The monoisotopic (exact) mass is 523 g/mol. The van der Waals surface area contributed by atoms with Crippen LogP contribution in [0.2, 0.25) is 0 Å². The van der Waals surface area contributed by atoms with Gasteiger partial charge in [0.1, 0.15) is 12.4 Å². The summed E-state index contributed by atoms with van der Waals surface area (Å²) in [6.45, 7) is 0.985. The molecule has 0 radical (unpaired) electrons. The Balaban J connectivity index is 1.62. The van der Waals surface area contributed by atoms with Gasteiger partial charge in [0.15, 0.2) is 5.65 Å². The molecule has 0 amide bonds. The molecule has 3 heterocycles. The average molecular weight is 523 g/mol. The van der Waals surface area contributed by atoms with Gasteiger partial charge in [-0.3, -0.25) is 8.65 Å². The summed E-state index contributed by atoms with van der Waals surface area (Å²) in [6.07, 6.45) is 2.60. The van der Waals surface area contributed by atoms with Crippen LogP contribution in [0.4, 0.5) is 30.6 Å². The number of nitrogens with zero attached hydrogens (tertiary/aromatic N) is 5. The van der Waals surface area contributed by atoms with Crippen molar-refractivity contribution in [3.63, 3.8) is 0 Å². The second-order valence-electron chi connectivity index (χ2n) is 6.78. The molecule has 0 saturated heterocycles. The maximum absolute atomic E-state index is 12.5. The number of hydrogen-bond donors (Lipinski definition) is 2. The van der Waals surface area contributed by atoms with Crippen molar-refractivity contribution in [2.75, 3.05) is 10.6 Å². The fourth-order valence-corrected chi connectivity index (χ4v) is 4.24. The number of nitrogens with one attached hydrogen (secondary N) is 2. The van der Waals surface area contributed by atoms with Crippen LogP contribution in [0.1, 0.15) is 19.8 Å². The fourth-order valence-electron chi connectivity index (χ4n) is 2.97. The molecule has 1 aliphatic rings. The first-order valence-electron chi connectivity index (χ1n) is 8.63. The SMILES string of the molecule is C[C@H](Nc1nc(Nc2cnn(CC(F)(F)F)c2)nc2c1ccn2SI)C1CC1. The molecule has 1 saturated carbocycles. The van der Waals surface area contributed by atoms with Crippen molar-refractivity contribution in [3.05, 3.63) is 24.7 Å². The molecule has 4 rings (SSSR count). The van der Waals surface area contributed by atoms with E-state index in [-0.39, 0.29) is 6.04 Å². The van der Waals surface area contributed by atoms with Crippen LogP contribution in [0.15, 0.2) is 24.7 Å². The molecule has 1 fully saturated rings. The smallest absolute Gasteiger partial charge is 0.367 e. The van der Waals surface area contributed by atoms with E-state index in [4.69, 9.17) is 0 Å². The average Bonchev–Trinajstić information content (AvgIpc) is 3.26. The van der Waals surface area contributed by atoms with E-state index in [0.29, 0.717) is 23.4 Å². The zero-order valence-electron chi connectivity index (χ0n) is 14.7. The van der Waals surface area contributed by atoms with Crippen LogP contribution >= 0.6 is 30.3 Å². The van der Waals surface area contributed by atoms with Crippen LogP contribution in [0.3, 0.4) is 0 Å². The molecule has 12 heteroatoms. The summed E-state index contributed by atoms with van der Waals surface area (Å²) in [5.74, 6) is 1.65. The molecule has 28 heavy (non-hydrogen) atoms. The molecule has 0 aromatic carbocycles. The van der Waals surface area contributed by atoms with E-state index < -0.39 is 12.7 Å². The standard InChI is InChI=1S/C16H17F3IN7S/c1-9(10-2-3-10)22-13-12-4-5-27(28-20)14(12)25-15(24-13)23-11-6-21-26(7-11)8-16(17,18)19/h4-7,9-10H,2-3,8H2,1H3,(H2,22,23,24,25)/t9-/m0/s1. The molecular weight excluding hydrogens is 506 g/mol. The molecule has 1 atom stereocenters. The number of fused-ring (bicyclic) bond motifs is 1. The molecule has 0 spiro atoms. The van der Waals surface area contributed by atoms with E-state index in [1.807, 2.05) is 16.2 Å². The van der Waals surface area contributed by atoms with Crippen molar-refractivity contribution in [2.45, 2.75) is 38.5 Å². The Hall–Kier alpha value is -1.70. The normalized spacial score (nSPS) is 15.8. The number of aromatic nitrogens is 5. The van der Waals surface area contributed by atoms with Crippen LogP contribution in [-0.2, 0) is 6.54 Å². The minimum Gasteiger partial charge on any atom is -0.367 e. The molecule has 7 nitrogen and oxygen atoms in total. The first kappa shape index (κ1) is 19.6. The van der Waals surface area contributed by atoms with Gasteiger partial charge in [-0.05, 0) is 31.7 Å². The molecule has 2 N–H and O–H groups in total. The van der Waals surface area contributed by atoms with Crippen LogP contribution in [0, 0.1) is 5.92 Å². The van der Waals surface area contributed by atoms with E-state index >= 15 is 0 Å². The summed E-state index contributed by atoms with van der Waals surface area (Å²) in [6, 6.07) is 2.24. The van der Waals surface area contributed by atoms with Crippen molar-refractivity contribution in [1.82, 2.24) is 23.7 Å². The van der Waals surface area contributed by atoms with Crippen molar-refractivity contribution in [3.8, 4) is 0 Å². The largest absolute Gasteiger partial charge is 0.408 e. The number of alkyl halides is 3. The molecule has 1 aliphatic carbocycles. The van der Waals surface area contributed by atoms with Gasteiger partial charge >= 0.3 is 6.18 Å². The molecule has 3 aromatic rings. The van der Waals surface area contributed by atoms with Gasteiger partial charge in [0.25, 0.3) is 0 Å². The summed E-state index contributed by atoms with van der Waals surface area (Å²) in [7, 11) is 1.48. The number of anilines is 3. The highest BCUT2D eigenvalue weighted by Gasteiger charge is 2.29. The Morgan fingerprint density at radius 3 is 2.82 bits per heavy atom. The lowest BCUT2D eigenvalue weighted by atomic mass is 10.2. The summed E-state index contributed by atoms with van der Waals surface area (Å²) >= 11 is 2.17. The first-order chi connectivity index (χ1) is 13.3. The highest BCUT2D eigenvalue weighted by atomic mass is 127. The Kier molecular flexibility index (Phi) is 5.33. The van der Waals surface area contributed by atoms with Crippen LogP contribution in [0.5, 0.6) is 0 Å². The van der Waals surface area contributed by atoms with Crippen molar-refractivity contribution >= 4 is 58.8 Å². The summed E-state index contributed by atoms with van der Waals surface area (Å²) in [5.41, 5.74) is 1.12. The van der Waals surface area contributed by atoms with Gasteiger partial charge < -0.3 is 10.6 Å². The quantitative estimate of drug-likeness (QED) is 0.426. The highest BCUT2D eigenvalue weighted by Crippen LogP contribution is 2.36. The molecule has 3 aromatic heterocycles. The van der Waals surface area contributed by atoms with Crippen molar-refractivity contribution < 1.29 is 13.2 Å². The minimum absolute atomic E-state index is 0.288. The Labute approximate surface area is 175 Å². The second-order valence-corrected chi connectivity index (χ2v) is 8.49. The van der Waals surface area contributed by atoms with Gasteiger partial charge in [0, 0.05) is 48.8 Å². The third-order valence-corrected chi connectivity index (χ3v) is 6.23. The van der Waals surface area contributed by atoms with E-state index in [1.54, 1.807) is 0 Å². The number of rotatable bonds is 7. The van der Waals surface area contributed by atoms with Gasteiger partial charge in [0.2, 0.25) is 5.95 Å². The number of halogens is 4. The van der Waals surface area contributed by atoms with E-state index in [2.05, 4.69) is 53.8 Å². The van der Waals surface area contributed by atoms with E-state index in [0.717, 1.165) is 15.7 Å². The van der Waals surface area contributed by atoms with E-state index in [9.17, 15) is 13.2 Å². The van der Waals surface area contributed by atoms with Gasteiger partial charge in [-0.25, -0.2) is 0 Å². The van der Waals surface area contributed by atoms with Gasteiger partial charge in [-0.2, -0.15) is 28.2 Å². The van der Waals surface area contributed by atoms with Gasteiger partial charge in [-0.15, -0.1) is 0 Å². The second kappa shape index (κ2) is 7.61. The summed E-state index contributed by atoms with van der Waals surface area (Å²) in [4.78, 5) is 9.09. The Bertz CT molecular complexity index is 982. The third kappa shape index (κ3) is 4.47. The molecule has 150 valence electrons. The minimum atomic E-state index is -4.33. The van der Waals surface area contributed by atoms with Crippen molar-refractivity contribution in [2.24, 2.45) is 5.92 Å². The third-order valence-electron chi connectivity index (χ3n) is 4.51. The molecule has 0 bridgehead atoms. The van der Waals surface area contributed by atoms with Crippen LogP contribution < -0.4 is 10.6 Å². The first-order valence-corrected chi connectivity index (χ1v) is 11.9. The van der Waals surface area contributed by atoms with E-state index in [1.165, 1.54) is 34.4 Å². The highest BCUT2D eigenvalue weighted by molar-refractivity contribution is 14.2. The lowest BCUT2D eigenvalue weighted by molar-refractivity contribution is -0.142. The van der Waals surface area contributed by atoms with Crippen LogP contribution in [0.25, 0.3) is 11.0 Å². The maximum atomic E-state index is 12.5. The predicted molar refractivity (Wildman–Crippen MR) is 112 cm³/mol. The van der Waals surface area contributed by atoms with Crippen molar-refractivity contribution in [1.29, 1.82) is 0 Å². The summed E-state index contributed by atoms with van der Waals surface area (Å²) < 4.78 is 40.3. The zero-order chi connectivity index (χ0) is 19.9. The molecule has 0 unspecified atom stereocenters.